The smallest absolute Gasteiger partial charge is 0.147 e. The average molecular weight is 246 g/mol. The third-order valence-electron chi connectivity index (χ3n) is 1.88. The van der Waals surface area contributed by atoms with Gasteiger partial charge in [0.2, 0.25) is 0 Å². The predicted molar refractivity (Wildman–Crippen MR) is 58.8 cm³/mol. The second-order valence-corrected chi connectivity index (χ2v) is 3.54. The molecule has 0 N–H and O–H groups in total. The molecule has 15 heavy (non-hydrogen) atoms. The summed E-state index contributed by atoms with van der Waals surface area (Å²) < 4.78 is 10.1. The molecule has 0 aliphatic carbocycles. The monoisotopic (exact) mass is 245 g/mol. The molecule has 5 heteroatoms. The van der Waals surface area contributed by atoms with Gasteiger partial charge in [-0.05, 0) is 6.07 Å². The number of hydrogen-bond acceptors (Lipinski definition) is 3. The van der Waals surface area contributed by atoms with Gasteiger partial charge in [0.05, 0.1) is 25.3 Å². The molecule has 1 unspecified atom stereocenters. The molecule has 0 saturated heterocycles. The van der Waals surface area contributed by atoms with E-state index in [0.717, 1.165) is 0 Å². The van der Waals surface area contributed by atoms with Crippen LogP contribution in [0.1, 0.15) is 10.9 Å². The predicted octanol–water partition coefficient (Wildman–Crippen LogP) is 3.16. The maximum atomic E-state index is 8.72. The van der Waals surface area contributed by atoms with Gasteiger partial charge in [0, 0.05) is 11.6 Å². The van der Waals surface area contributed by atoms with E-state index in [0.29, 0.717) is 22.1 Å². The lowest BCUT2D eigenvalue weighted by Gasteiger charge is -2.11. The van der Waals surface area contributed by atoms with Crippen LogP contribution in [0.25, 0.3) is 0 Å². The zero-order valence-electron chi connectivity index (χ0n) is 8.25. The molecule has 0 bridgehead atoms. The van der Waals surface area contributed by atoms with Gasteiger partial charge in [-0.15, -0.1) is 11.6 Å². The largest absolute Gasteiger partial charge is 0.497 e. The first kappa shape index (κ1) is 12.0. The summed E-state index contributed by atoms with van der Waals surface area (Å²) in [5, 5.41) is 8.23. The molecular weight excluding hydrogens is 237 g/mol. The Morgan fingerprint density at radius 2 is 2.00 bits per heavy atom. The van der Waals surface area contributed by atoms with Crippen molar-refractivity contribution in [2.24, 2.45) is 0 Å². The molecule has 0 spiro atoms. The van der Waals surface area contributed by atoms with E-state index in [4.69, 9.17) is 37.9 Å². The summed E-state index contributed by atoms with van der Waals surface area (Å²) in [5.41, 5.74) is 0.483. The second kappa shape index (κ2) is 5.11. The van der Waals surface area contributed by atoms with Crippen molar-refractivity contribution in [3.05, 3.63) is 22.7 Å². The van der Waals surface area contributed by atoms with Crippen molar-refractivity contribution in [3.8, 4) is 17.6 Å². The first-order chi connectivity index (χ1) is 7.13. The van der Waals surface area contributed by atoms with Crippen LogP contribution < -0.4 is 9.47 Å². The molecular formula is C10H9Cl2NO2. The van der Waals surface area contributed by atoms with Gasteiger partial charge in [0.25, 0.3) is 0 Å². The Balaban J connectivity index is 3.31. The third-order valence-corrected chi connectivity index (χ3v) is 2.62. The lowest BCUT2D eigenvalue weighted by atomic mass is 10.1. The topological polar surface area (TPSA) is 42.2 Å². The number of rotatable bonds is 3. The van der Waals surface area contributed by atoms with Crippen molar-refractivity contribution in [3.63, 3.8) is 0 Å². The van der Waals surface area contributed by atoms with Gasteiger partial charge in [-0.3, -0.25) is 0 Å². The van der Waals surface area contributed by atoms with Gasteiger partial charge >= 0.3 is 0 Å². The minimum Gasteiger partial charge on any atom is -0.497 e. The van der Waals surface area contributed by atoms with E-state index >= 15 is 0 Å². The Hall–Kier alpha value is -1.11. The van der Waals surface area contributed by atoms with Crippen LogP contribution in [0.5, 0.6) is 11.5 Å². The molecule has 0 aromatic heterocycles. The molecule has 1 rings (SSSR count). The Morgan fingerprint density at radius 3 is 2.47 bits per heavy atom. The zero-order chi connectivity index (χ0) is 11.4. The summed E-state index contributed by atoms with van der Waals surface area (Å²) in [5.74, 6) is 0.985. The molecule has 3 nitrogen and oxygen atoms in total. The Morgan fingerprint density at radius 1 is 1.33 bits per heavy atom. The molecule has 80 valence electrons. The van der Waals surface area contributed by atoms with Crippen LogP contribution in [0.15, 0.2) is 12.1 Å². The van der Waals surface area contributed by atoms with Gasteiger partial charge in [-0.2, -0.15) is 5.26 Å². The van der Waals surface area contributed by atoms with Crippen LogP contribution in [0.4, 0.5) is 0 Å². The lowest BCUT2D eigenvalue weighted by molar-refractivity contribution is 0.393. The number of hydrogen-bond donors (Lipinski definition) is 0. The Kier molecular flexibility index (Phi) is 4.07. The molecule has 0 amide bonds. The first-order valence-corrected chi connectivity index (χ1v) is 4.90. The molecule has 0 radical (unpaired) electrons. The highest BCUT2D eigenvalue weighted by Crippen LogP contribution is 2.38. The van der Waals surface area contributed by atoms with Crippen molar-refractivity contribution in [2.45, 2.75) is 5.38 Å². The SMILES string of the molecule is COc1cc(OC)c(Cl)c(C(Cl)C#N)c1. The van der Waals surface area contributed by atoms with Gasteiger partial charge in [0.15, 0.2) is 0 Å². The normalized spacial score (nSPS) is 11.7. The molecule has 0 fully saturated rings. The minimum absolute atomic E-state index is 0.333. The number of nitrogens with zero attached hydrogens (tertiary/aromatic N) is 1. The molecule has 0 aliphatic rings. The van der Waals surface area contributed by atoms with Crippen molar-refractivity contribution in [2.75, 3.05) is 14.2 Å². The van der Waals surface area contributed by atoms with Crippen molar-refractivity contribution in [1.29, 1.82) is 5.26 Å². The van der Waals surface area contributed by atoms with Crippen LogP contribution in [0, 0.1) is 11.3 Å². The maximum absolute atomic E-state index is 8.72. The van der Waals surface area contributed by atoms with Gasteiger partial charge in [0.1, 0.15) is 16.9 Å². The van der Waals surface area contributed by atoms with Crippen molar-refractivity contribution < 1.29 is 9.47 Å². The number of halogens is 2. The van der Waals surface area contributed by atoms with E-state index in [-0.39, 0.29) is 0 Å². The average Bonchev–Trinajstić information content (AvgIpc) is 2.28. The van der Waals surface area contributed by atoms with Gasteiger partial charge in [-0.1, -0.05) is 11.6 Å². The molecule has 0 heterocycles. The van der Waals surface area contributed by atoms with Crippen molar-refractivity contribution in [1.82, 2.24) is 0 Å². The number of alkyl halides is 1. The highest BCUT2D eigenvalue weighted by molar-refractivity contribution is 6.34. The molecule has 1 aromatic carbocycles. The van der Waals surface area contributed by atoms with Crippen LogP contribution in [0.2, 0.25) is 5.02 Å². The van der Waals surface area contributed by atoms with E-state index in [9.17, 15) is 0 Å². The van der Waals surface area contributed by atoms with Crippen LogP contribution in [-0.2, 0) is 0 Å². The maximum Gasteiger partial charge on any atom is 0.147 e. The number of ether oxygens (including phenoxy) is 2. The molecule has 0 aliphatic heterocycles. The first-order valence-electron chi connectivity index (χ1n) is 4.09. The molecule has 0 saturated carbocycles. The summed E-state index contributed by atoms with van der Waals surface area (Å²) in [7, 11) is 3.00. The van der Waals surface area contributed by atoms with Crippen LogP contribution >= 0.6 is 23.2 Å². The number of nitriles is 1. The van der Waals surface area contributed by atoms with E-state index in [2.05, 4.69) is 0 Å². The quantitative estimate of drug-likeness (QED) is 0.769. The zero-order valence-corrected chi connectivity index (χ0v) is 9.76. The highest BCUT2D eigenvalue weighted by atomic mass is 35.5. The fraction of sp³-hybridized carbons (Fsp3) is 0.300. The molecule has 1 aromatic rings. The summed E-state index contributed by atoms with van der Waals surface area (Å²) in [4.78, 5) is 0. The fourth-order valence-electron chi connectivity index (χ4n) is 1.11. The van der Waals surface area contributed by atoms with Crippen LogP contribution in [0.3, 0.4) is 0 Å². The second-order valence-electron chi connectivity index (χ2n) is 2.72. The minimum atomic E-state index is -0.818. The van der Waals surface area contributed by atoms with E-state index in [1.807, 2.05) is 6.07 Å². The summed E-state index contributed by atoms with van der Waals surface area (Å²) >= 11 is 11.8. The lowest BCUT2D eigenvalue weighted by Crippen LogP contribution is -1.95. The molecule has 1 atom stereocenters. The van der Waals surface area contributed by atoms with Gasteiger partial charge in [-0.25, -0.2) is 0 Å². The number of methoxy groups -OCH3 is 2. The highest BCUT2D eigenvalue weighted by Gasteiger charge is 2.16. The standard InChI is InChI=1S/C10H9Cl2NO2/c1-14-6-3-7(8(11)5-13)10(12)9(4-6)15-2/h3-4,8H,1-2H3. The summed E-state index contributed by atoms with van der Waals surface area (Å²) in [6.45, 7) is 0. The van der Waals surface area contributed by atoms with E-state index in [1.54, 1.807) is 12.1 Å². The Bertz CT molecular complexity index is 401. The van der Waals surface area contributed by atoms with Crippen LogP contribution in [-0.4, -0.2) is 14.2 Å². The summed E-state index contributed by atoms with van der Waals surface area (Å²) in [6, 6.07) is 5.14. The van der Waals surface area contributed by atoms with E-state index < -0.39 is 5.38 Å². The van der Waals surface area contributed by atoms with E-state index in [1.165, 1.54) is 14.2 Å². The number of benzene rings is 1. The van der Waals surface area contributed by atoms with Gasteiger partial charge < -0.3 is 9.47 Å². The third kappa shape index (κ3) is 2.47. The Labute approximate surface area is 98.1 Å². The van der Waals surface area contributed by atoms with Crippen molar-refractivity contribution >= 4 is 23.2 Å². The fourth-order valence-corrected chi connectivity index (χ4v) is 1.64. The summed E-state index contributed by atoms with van der Waals surface area (Å²) in [6.07, 6.45) is 0.